The molecule has 14 aromatic rings. The number of hydrogen-bond acceptors (Lipinski definition) is 4. The summed E-state index contributed by atoms with van der Waals surface area (Å²) in [6.07, 6.45) is 0. The minimum absolute atomic E-state index is 1.10. The molecule has 15 rings (SSSR count). The molecule has 1 aliphatic heterocycles. The molecule has 0 saturated carbocycles. The van der Waals surface area contributed by atoms with Crippen LogP contribution < -0.4 is 9.80 Å². The molecular formula is C68H42N2S2. The molecule has 0 atom stereocenters. The number of para-hydroxylation sites is 2. The van der Waals surface area contributed by atoms with Crippen molar-refractivity contribution in [3.63, 3.8) is 0 Å². The van der Waals surface area contributed by atoms with E-state index in [1.165, 1.54) is 112 Å². The summed E-state index contributed by atoms with van der Waals surface area (Å²) in [5, 5.41) is 10.2. The van der Waals surface area contributed by atoms with Gasteiger partial charge in [-0.15, -0.1) is 22.7 Å². The summed E-state index contributed by atoms with van der Waals surface area (Å²) in [7, 11) is 0. The van der Waals surface area contributed by atoms with E-state index in [1.807, 2.05) is 22.7 Å². The first-order valence-electron chi connectivity index (χ1n) is 24.6. The van der Waals surface area contributed by atoms with E-state index >= 15 is 0 Å². The molecule has 0 unspecified atom stereocenters. The summed E-state index contributed by atoms with van der Waals surface area (Å²) < 4.78 is 5.18. The van der Waals surface area contributed by atoms with Crippen LogP contribution in [-0.4, -0.2) is 0 Å². The Labute approximate surface area is 425 Å². The van der Waals surface area contributed by atoms with Crippen molar-refractivity contribution in [1.82, 2.24) is 0 Å². The average molecular weight is 951 g/mol. The van der Waals surface area contributed by atoms with Crippen LogP contribution in [0.3, 0.4) is 0 Å². The van der Waals surface area contributed by atoms with Crippen molar-refractivity contribution in [3.05, 3.63) is 255 Å². The predicted molar refractivity (Wildman–Crippen MR) is 312 cm³/mol. The van der Waals surface area contributed by atoms with Gasteiger partial charge in [0, 0.05) is 73.7 Å². The molecule has 72 heavy (non-hydrogen) atoms. The van der Waals surface area contributed by atoms with Crippen molar-refractivity contribution < 1.29 is 0 Å². The minimum atomic E-state index is 1.10. The monoisotopic (exact) mass is 950 g/mol. The zero-order chi connectivity index (χ0) is 47.3. The fourth-order valence-electron chi connectivity index (χ4n) is 11.4. The van der Waals surface area contributed by atoms with Crippen LogP contribution in [0.25, 0.3) is 106 Å². The molecular weight excluding hydrogens is 909 g/mol. The predicted octanol–water partition coefficient (Wildman–Crippen LogP) is 20.6. The van der Waals surface area contributed by atoms with Gasteiger partial charge in [0.25, 0.3) is 0 Å². The van der Waals surface area contributed by atoms with Crippen molar-refractivity contribution in [2.75, 3.05) is 9.80 Å². The quantitative estimate of drug-likeness (QED) is 0.157. The van der Waals surface area contributed by atoms with E-state index in [4.69, 9.17) is 0 Å². The normalized spacial score (nSPS) is 12.1. The van der Waals surface area contributed by atoms with Crippen LogP contribution in [0, 0.1) is 0 Å². The van der Waals surface area contributed by atoms with E-state index in [0.29, 0.717) is 0 Å². The van der Waals surface area contributed by atoms with Crippen LogP contribution in [-0.2, 0) is 0 Å². The first kappa shape index (κ1) is 41.0. The fourth-order valence-corrected chi connectivity index (χ4v) is 13.7. The van der Waals surface area contributed by atoms with Crippen molar-refractivity contribution >= 4 is 119 Å². The van der Waals surface area contributed by atoms with Crippen LogP contribution in [0.1, 0.15) is 0 Å². The second-order valence-electron chi connectivity index (χ2n) is 18.8. The molecule has 2 aromatic heterocycles. The Hall–Kier alpha value is -8.80. The van der Waals surface area contributed by atoms with Crippen molar-refractivity contribution in [2.24, 2.45) is 0 Å². The van der Waals surface area contributed by atoms with Gasteiger partial charge in [-0.3, -0.25) is 0 Å². The lowest BCUT2D eigenvalue weighted by atomic mass is 9.89. The van der Waals surface area contributed by atoms with Gasteiger partial charge in [-0.1, -0.05) is 164 Å². The maximum absolute atomic E-state index is 2.46. The smallest absolute Gasteiger partial charge is 0.0561 e. The second kappa shape index (κ2) is 16.4. The highest BCUT2D eigenvalue weighted by molar-refractivity contribution is 7.26. The van der Waals surface area contributed by atoms with Gasteiger partial charge >= 0.3 is 0 Å². The largest absolute Gasteiger partial charge is 0.310 e. The highest BCUT2D eigenvalue weighted by Gasteiger charge is 2.28. The van der Waals surface area contributed by atoms with Crippen LogP contribution in [0.4, 0.5) is 34.1 Å². The summed E-state index contributed by atoms with van der Waals surface area (Å²) in [6.45, 7) is 0. The lowest BCUT2D eigenvalue weighted by Gasteiger charge is -2.33. The SMILES string of the molecule is c1ccc(-c2ccc(N(c3cc(-c4ccc5sc6ccccc6c5c4)cc(-c4ccc5sc6cc7c8c(cccc8c6c5c4)-c4ccccc4N7c4ccccc4)c3)c3cccc4ccccc34)cc2)cc1. The Balaban J connectivity index is 0.968. The third-order valence-electron chi connectivity index (χ3n) is 14.7. The molecule has 0 N–H and O–H groups in total. The Bertz CT molecular complexity index is 4450. The summed E-state index contributed by atoms with van der Waals surface area (Å²) in [4.78, 5) is 4.92. The minimum Gasteiger partial charge on any atom is -0.310 e. The van der Waals surface area contributed by atoms with E-state index in [0.717, 1.165) is 28.3 Å². The van der Waals surface area contributed by atoms with Gasteiger partial charge in [-0.2, -0.15) is 0 Å². The number of anilines is 6. The van der Waals surface area contributed by atoms with Crippen molar-refractivity contribution in [3.8, 4) is 44.5 Å². The van der Waals surface area contributed by atoms with Gasteiger partial charge in [0.15, 0.2) is 0 Å². The number of fused-ring (bicyclic) bond motifs is 10. The lowest BCUT2D eigenvalue weighted by Crippen LogP contribution is -2.14. The Morgan fingerprint density at radius 2 is 0.875 bits per heavy atom. The number of thiophene rings is 2. The molecule has 0 fully saturated rings. The molecule has 1 aliphatic rings. The molecule has 0 spiro atoms. The van der Waals surface area contributed by atoms with Gasteiger partial charge in [-0.05, 0) is 141 Å². The van der Waals surface area contributed by atoms with E-state index in [-0.39, 0.29) is 0 Å². The van der Waals surface area contributed by atoms with Crippen molar-refractivity contribution in [1.29, 1.82) is 0 Å². The second-order valence-corrected chi connectivity index (χ2v) is 21.0. The number of nitrogens with zero attached hydrogens (tertiary/aromatic N) is 2. The molecule has 2 nitrogen and oxygen atoms in total. The van der Waals surface area contributed by atoms with Gasteiger partial charge in [0.05, 0.1) is 17.1 Å². The molecule has 0 aliphatic carbocycles. The van der Waals surface area contributed by atoms with Crippen LogP contribution in [0.2, 0.25) is 0 Å². The van der Waals surface area contributed by atoms with Crippen LogP contribution in [0.15, 0.2) is 255 Å². The molecule has 0 radical (unpaired) electrons. The highest BCUT2D eigenvalue weighted by Crippen LogP contribution is 2.55. The van der Waals surface area contributed by atoms with E-state index < -0.39 is 0 Å². The standard InChI is InChI=1S/C68H42N2S2/c1-3-15-43(16-4-1)44-29-33-51(34-30-44)69(60-27-13-18-45-17-7-8-21-53(45)60)52-38-48(46-31-35-64-58(40-46)55-23-10-12-28-63(55)71-64)37-49(39-52)47-32-36-65-59(41-47)68-57-25-14-24-56-54-22-9-11-26-61(54)70(50-19-5-2-6-20-50)62(67(56)57)42-66(68)72-65/h1-42H. The maximum atomic E-state index is 2.46. The summed E-state index contributed by atoms with van der Waals surface area (Å²) in [6, 6.07) is 94.4. The number of rotatable bonds is 7. The first-order chi connectivity index (χ1) is 35.7. The van der Waals surface area contributed by atoms with E-state index in [1.54, 1.807) is 0 Å². The van der Waals surface area contributed by atoms with Crippen LogP contribution in [0.5, 0.6) is 0 Å². The topological polar surface area (TPSA) is 6.48 Å². The maximum Gasteiger partial charge on any atom is 0.0561 e. The van der Waals surface area contributed by atoms with E-state index in [9.17, 15) is 0 Å². The molecule has 0 bridgehead atoms. The molecule has 12 aromatic carbocycles. The van der Waals surface area contributed by atoms with Gasteiger partial charge in [0.1, 0.15) is 0 Å². The first-order valence-corrected chi connectivity index (χ1v) is 26.2. The molecule has 0 saturated heterocycles. The highest BCUT2D eigenvalue weighted by atomic mass is 32.1. The van der Waals surface area contributed by atoms with E-state index in [2.05, 4.69) is 265 Å². The Morgan fingerprint density at radius 3 is 1.69 bits per heavy atom. The molecule has 0 amide bonds. The Kier molecular flexibility index (Phi) is 9.34. The van der Waals surface area contributed by atoms with Crippen molar-refractivity contribution in [2.45, 2.75) is 0 Å². The summed E-state index contributed by atoms with van der Waals surface area (Å²) >= 11 is 3.76. The lowest BCUT2D eigenvalue weighted by molar-refractivity contribution is 1.29. The zero-order valence-corrected chi connectivity index (χ0v) is 40.6. The Morgan fingerprint density at radius 1 is 0.292 bits per heavy atom. The van der Waals surface area contributed by atoms with Gasteiger partial charge in [-0.25, -0.2) is 0 Å². The number of hydrogen-bond donors (Lipinski definition) is 0. The van der Waals surface area contributed by atoms with Gasteiger partial charge in [0.2, 0.25) is 0 Å². The zero-order valence-electron chi connectivity index (χ0n) is 39.0. The van der Waals surface area contributed by atoms with Crippen LogP contribution >= 0.6 is 22.7 Å². The molecule has 4 heteroatoms. The summed E-state index contributed by atoms with van der Waals surface area (Å²) in [5.41, 5.74) is 16.5. The number of benzene rings is 12. The third-order valence-corrected chi connectivity index (χ3v) is 17.0. The third kappa shape index (κ3) is 6.54. The average Bonchev–Trinajstić information content (AvgIpc) is 4.02. The fraction of sp³-hybridized carbons (Fsp3) is 0. The summed E-state index contributed by atoms with van der Waals surface area (Å²) in [5.74, 6) is 0. The van der Waals surface area contributed by atoms with Gasteiger partial charge < -0.3 is 9.80 Å². The molecule has 3 heterocycles. The molecule has 336 valence electrons.